The average molecular weight is 208 g/mol. The van der Waals surface area contributed by atoms with Crippen LogP contribution in [0, 0.1) is 11.5 Å². The Hall–Kier alpha value is 0.0200. The van der Waals surface area contributed by atoms with Crippen molar-refractivity contribution in [1.29, 1.82) is 5.26 Å². The Morgan fingerprint density at radius 3 is 2.57 bits per heavy atom. The molecule has 1 saturated heterocycles. The molecule has 0 aromatic heterocycles. The Kier molecular flexibility index (Phi) is 1.38. The van der Waals surface area contributed by atoms with E-state index in [1.165, 1.54) is 6.42 Å². The van der Waals surface area contributed by atoms with Gasteiger partial charge in [-0.25, -0.2) is 0 Å². The molecule has 0 N–H and O–H groups in total. The van der Waals surface area contributed by atoms with Gasteiger partial charge in [0.15, 0.2) is 6.19 Å². The molecule has 1 heterocycles. The molecule has 0 radical (unpaired) electrons. The molecule has 0 bridgehead atoms. The monoisotopic (exact) mass is 208 g/mol. The molecule has 3 heteroatoms. The third-order valence-electron chi connectivity index (χ3n) is 1.07. The predicted octanol–water partition coefficient (Wildman–Crippen LogP) is 0.934. The number of likely N-dealkylation sites (tertiary alicyclic amines) is 1. The Bertz CT molecular complexity index is 107. The fraction of sp³-hybridized carbons (Fsp3) is 0.750. The quantitative estimate of drug-likeness (QED) is 0.256. The van der Waals surface area contributed by atoms with Crippen molar-refractivity contribution < 1.29 is 0 Å². The molecule has 0 aromatic rings. The fourth-order valence-electron chi connectivity index (χ4n) is 0.468. The van der Waals surface area contributed by atoms with E-state index in [4.69, 9.17) is 5.26 Å². The van der Waals surface area contributed by atoms with Crippen LogP contribution in [0.2, 0.25) is 0 Å². The average Bonchev–Trinajstić information content (AvgIpc) is 1.65. The van der Waals surface area contributed by atoms with E-state index < -0.39 is 0 Å². The van der Waals surface area contributed by atoms with Crippen LogP contribution in [0.5, 0.6) is 0 Å². The van der Waals surface area contributed by atoms with Crippen molar-refractivity contribution in [3.05, 3.63) is 0 Å². The highest BCUT2D eigenvalue weighted by molar-refractivity contribution is 14.1. The lowest BCUT2D eigenvalue weighted by atomic mass is 10.2. The van der Waals surface area contributed by atoms with E-state index in [0.717, 1.165) is 6.54 Å². The third kappa shape index (κ3) is 0.801. The maximum Gasteiger partial charge on any atom is 0.180 e. The number of alkyl halides is 1. The molecule has 1 rings (SSSR count). The molecule has 0 aliphatic carbocycles. The summed E-state index contributed by atoms with van der Waals surface area (Å²) in [5, 5.41) is 8.23. The van der Waals surface area contributed by atoms with Gasteiger partial charge < -0.3 is 0 Å². The van der Waals surface area contributed by atoms with Crippen molar-refractivity contribution in [2.45, 2.75) is 10.5 Å². The van der Waals surface area contributed by atoms with E-state index in [-0.39, 0.29) is 0 Å². The van der Waals surface area contributed by atoms with Crippen molar-refractivity contribution in [3.8, 4) is 6.19 Å². The van der Waals surface area contributed by atoms with Gasteiger partial charge in [0.2, 0.25) is 0 Å². The summed E-state index contributed by atoms with van der Waals surface area (Å²) in [4.78, 5) is 1.76. The predicted molar refractivity (Wildman–Crippen MR) is 34.7 cm³/mol. The van der Waals surface area contributed by atoms with Gasteiger partial charge in [0.05, 0.1) is 4.05 Å². The first-order chi connectivity index (χ1) is 3.34. The molecule has 1 fully saturated rings. The second-order valence-electron chi connectivity index (χ2n) is 1.52. The standard InChI is InChI=1S/C4H5IN2/c5-4-1-2-7(4)3-6/h4H,1-2H2. The smallest absolute Gasteiger partial charge is 0.180 e. The first-order valence-electron chi connectivity index (χ1n) is 2.15. The molecule has 2 nitrogen and oxygen atoms in total. The van der Waals surface area contributed by atoms with Gasteiger partial charge in [0.25, 0.3) is 0 Å². The molecule has 38 valence electrons. The highest BCUT2D eigenvalue weighted by Crippen LogP contribution is 2.20. The van der Waals surface area contributed by atoms with E-state index in [1.54, 1.807) is 4.90 Å². The van der Waals surface area contributed by atoms with Crippen LogP contribution in [0.25, 0.3) is 0 Å². The van der Waals surface area contributed by atoms with Crippen LogP contribution in [0.3, 0.4) is 0 Å². The Morgan fingerprint density at radius 1 is 1.86 bits per heavy atom. The molecule has 0 aromatic carbocycles. The summed E-state index contributed by atoms with van der Waals surface area (Å²) in [7, 11) is 0. The molecule has 1 atom stereocenters. The number of halogens is 1. The highest BCUT2D eigenvalue weighted by atomic mass is 127. The van der Waals surface area contributed by atoms with Crippen molar-refractivity contribution in [1.82, 2.24) is 4.90 Å². The minimum Gasteiger partial charge on any atom is -0.298 e. The second kappa shape index (κ2) is 1.86. The van der Waals surface area contributed by atoms with E-state index in [2.05, 4.69) is 28.8 Å². The number of rotatable bonds is 0. The van der Waals surface area contributed by atoms with Gasteiger partial charge >= 0.3 is 0 Å². The van der Waals surface area contributed by atoms with Gasteiger partial charge in [0, 0.05) is 6.54 Å². The van der Waals surface area contributed by atoms with Crippen LogP contribution in [-0.4, -0.2) is 15.5 Å². The molecule has 1 unspecified atom stereocenters. The Morgan fingerprint density at radius 2 is 2.57 bits per heavy atom. The molecule has 1 aliphatic rings. The molecular formula is C4H5IN2. The lowest BCUT2D eigenvalue weighted by Crippen LogP contribution is -2.39. The van der Waals surface area contributed by atoms with Crippen molar-refractivity contribution in [2.24, 2.45) is 0 Å². The van der Waals surface area contributed by atoms with Crippen LogP contribution in [0.4, 0.5) is 0 Å². The number of nitriles is 1. The topological polar surface area (TPSA) is 27.0 Å². The lowest BCUT2D eigenvalue weighted by molar-refractivity contribution is 0.260. The van der Waals surface area contributed by atoms with E-state index in [9.17, 15) is 0 Å². The Labute approximate surface area is 56.2 Å². The fourth-order valence-corrected chi connectivity index (χ4v) is 1.15. The van der Waals surface area contributed by atoms with Gasteiger partial charge in [-0.1, -0.05) is 22.6 Å². The zero-order chi connectivity index (χ0) is 5.28. The zero-order valence-corrected chi connectivity index (χ0v) is 5.92. The van der Waals surface area contributed by atoms with E-state index in [0.29, 0.717) is 4.05 Å². The number of nitrogens with zero attached hydrogens (tertiary/aromatic N) is 2. The molecule has 0 amide bonds. The molecule has 0 spiro atoms. The molecule has 7 heavy (non-hydrogen) atoms. The van der Waals surface area contributed by atoms with Gasteiger partial charge in [-0.05, 0) is 6.42 Å². The van der Waals surface area contributed by atoms with Crippen molar-refractivity contribution >= 4 is 22.6 Å². The number of hydrogen-bond acceptors (Lipinski definition) is 2. The summed E-state index contributed by atoms with van der Waals surface area (Å²) < 4.78 is 0.489. The van der Waals surface area contributed by atoms with E-state index in [1.807, 2.05) is 0 Å². The summed E-state index contributed by atoms with van der Waals surface area (Å²) in [6.07, 6.45) is 3.25. The van der Waals surface area contributed by atoms with Crippen LogP contribution in [0.15, 0.2) is 0 Å². The normalized spacial score (nSPS) is 28.6. The minimum absolute atomic E-state index is 0.489. The van der Waals surface area contributed by atoms with Gasteiger partial charge in [-0.3, -0.25) is 4.90 Å². The molecular weight excluding hydrogens is 203 g/mol. The first-order valence-corrected chi connectivity index (χ1v) is 3.39. The molecule has 1 aliphatic heterocycles. The SMILES string of the molecule is N#CN1CCC1I. The molecule has 0 saturated carbocycles. The Balaban J connectivity index is 2.33. The third-order valence-corrected chi connectivity index (χ3v) is 2.37. The van der Waals surface area contributed by atoms with Crippen LogP contribution < -0.4 is 0 Å². The summed E-state index contributed by atoms with van der Waals surface area (Å²) in [5.41, 5.74) is 0. The summed E-state index contributed by atoms with van der Waals surface area (Å²) in [6.45, 7) is 0.962. The largest absolute Gasteiger partial charge is 0.298 e. The van der Waals surface area contributed by atoms with E-state index >= 15 is 0 Å². The van der Waals surface area contributed by atoms with Crippen molar-refractivity contribution in [2.75, 3.05) is 6.54 Å². The maximum atomic E-state index is 8.23. The highest BCUT2D eigenvalue weighted by Gasteiger charge is 2.22. The van der Waals surface area contributed by atoms with Crippen LogP contribution in [-0.2, 0) is 0 Å². The number of hydrogen-bond donors (Lipinski definition) is 0. The van der Waals surface area contributed by atoms with Gasteiger partial charge in [-0.2, -0.15) is 5.26 Å². The second-order valence-corrected chi connectivity index (χ2v) is 2.95. The van der Waals surface area contributed by atoms with Crippen LogP contribution >= 0.6 is 22.6 Å². The first kappa shape index (κ1) is 5.16. The van der Waals surface area contributed by atoms with Gasteiger partial charge in [-0.15, -0.1) is 0 Å². The van der Waals surface area contributed by atoms with Crippen molar-refractivity contribution in [3.63, 3.8) is 0 Å². The summed E-state index contributed by atoms with van der Waals surface area (Å²) in [5.74, 6) is 0. The summed E-state index contributed by atoms with van der Waals surface area (Å²) >= 11 is 2.26. The minimum atomic E-state index is 0.489. The zero-order valence-electron chi connectivity index (χ0n) is 3.76. The van der Waals surface area contributed by atoms with Crippen LogP contribution in [0.1, 0.15) is 6.42 Å². The summed E-state index contributed by atoms with van der Waals surface area (Å²) in [6, 6.07) is 0. The van der Waals surface area contributed by atoms with Gasteiger partial charge in [0.1, 0.15) is 0 Å². The maximum absolute atomic E-state index is 8.23. The lowest BCUT2D eigenvalue weighted by Gasteiger charge is -2.31.